The number of ether oxygens (including phenoxy) is 4. The topological polar surface area (TPSA) is 132 Å². The molecule has 0 aromatic carbocycles. The third kappa shape index (κ3) is 26.8. The van der Waals surface area contributed by atoms with Crippen molar-refractivity contribution in [2.75, 3.05) is 92.8 Å². The van der Waals surface area contributed by atoms with Gasteiger partial charge >= 0.3 is 0 Å². The van der Waals surface area contributed by atoms with Crippen molar-refractivity contribution in [2.45, 2.75) is 67.1 Å². The third-order valence-electron chi connectivity index (χ3n) is 4.82. The van der Waals surface area contributed by atoms with Crippen LogP contribution in [0.15, 0.2) is 0 Å². The van der Waals surface area contributed by atoms with Crippen molar-refractivity contribution in [3.05, 3.63) is 0 Å². The summed E-state index contributed by atoms with van der Waals surface area (Å²) in [5.74, 6) is -0.526. The zero-order valence-corrected chi connectivity index (χ0v) is 28.9. The number of hydrogen-bond acceptors (Lipinski definition) is 10. The van der Waals surface area contributed by atoms with E-state index >= 15 is 0 Å². The average molecular weight is 626 g/mol. The van der Waals surface area contributed by atoms with Crippen LogP contribution in [-0.4, -0.2) is 143 Å². The van der Waals surface area contributed by atoms with E-state index in [0.717, 1.165) is 0 Å². The molecule has 1 rings (SSSR count). The molecule has 12 nitrogen and oxygen atoms in total. The standard InChI is InChI=1S/C13H23NO5S.C10H18N2O4.3C2H6/c1-3-17-6-7-19-9-8-18-5-4-14-12(15)10-11(20-2)13(14)16;1-9(14)6-16-7-10(15)12(3)5-4-11(2)8-13;3*1-2/h11H,3-10H2,1-2H3;8H,4-7H2,1-3H3;3*1-2H3. The summed E-state index contributed by atoms with van der Waals surface area (Å²) in [7, 11) is 3.26. The summed E-state index contributed by atoms with van der Waals surface area (Å²) in [6.45, 7) is 19.5. The highest BCUT2D eigenvalue weighted by Crippen LogP contribution is 2.22. The maximum absolute atomic E-state index is 11.8. The molecule has 0 aromatic rings. The molecule has 0 saturated carbocycles. The molecule has 1 fully saturated rings. The normalized spacial score (nSPS) is 13.2. The van der Waals surface area contributed by atoms with Gasteiger partial charge in [-0.2, -0.15) is 11.8 Å². The molecule has 0 spiro atoms. The van der Waals surface area contributed by atoms with E-state index in [1.807, 2.05) is 54.7 Å². The quantitative estimate of drug-likeness (QED) is 0.120. The minimum Gasteiger partial charge on any atom is -0.379 e. The molecule has 0 aliphatic carbocycles. The molecule has 13 heteroatoms. The van der Waals surface area contributed by atoms with Crippen LogP contribution < -0.4 is 0 Å². The molecule has 1 saturated heterocycles. The lowest BCUT2D eigenvalue weighted by atomic mass is 10.4. The Kier molecular flexibility index (Phi) is 39.2. The Bertz CT molecular complexity index is 685. The van der Waals surface area contributed by atoms with Crippen LogP contribution in [0.3, 0.4) is 0 Å². The Morgan fingerprint density at radius 2 is 1.40 bits per heavy atom. The SMILES string of the molecule is CC.CC.CC.CC(=O)COCC(=O)N(C)CCN(C)C=O.CCOCCOCCOCCN1C(=O)CC(SC)C1=O. The van der Waals surface area contributed by atoms with E-state index in [2.05, 4.69) is 0 Å². The molecule has 42 heavy (non-hydrogen) atoms. The van der Waals surface area contributed by atoms with Gasteiger partial charge in [-0.25, -0.2) is 0 Å². The van der Waals surface area contributed by atoms with Gasteiger partial charge in [0, 0.05) is 40.2 Å². The smallest absolute Gasteiger partial charge is 0.248 e. The second kappa shape index (κ2) is 35.1. The Morgan fingerprint density at radius 3 is 1.86 bits per heavy atom. The minimum absolute atomic E-state index is 0.0478. The molecule has 1 unspecified atom stereocenters. The summed E-state index contributed by atoms with van der Waals surface area (Å²) in [5, 5.41) is -0.218. The van der Waals surface area contributed by atoms with Crippen LogP contribution in [0.4, 0.5) is 0 Å². The molecule has 1 aliphatic rings. The van der Waals surface area contributed by atoms with Gasteiger partial charge < -0.3 is 28.7 Å². The highest BCUT2D eigenvalue weighted by atomic mass is 32.2. The van der Waals surface area contributed by atoms with Gasteiger partial charge in [-0.05, 0) is 20.1 Å². The van der Waals surface area contributed by atoms with Crippen LogP contribution >= 0.6 is 11.8 Å². The van der Waals surface area contributed by atoms with Crippen LogP contribution in [0.2, 0.25) is 0 Å². The number of thioether (sulfide) groups is 1. The summed E-state index contributed by atoms with van der Waals surface area (Å²) in [6, 6.07) is 0. The number of ketones is 1. The lowest BCUT2D eigenvalue weighted by Crippen LogP contribution is -2.36. The average Bonchev–Trinajstić information content (AvgIpc) is 3.29. The van der Waals surface area contributed by atoms with Gasteiger partial charge in [0.1, 0.15) is 13.2 Å². The van der Waals surface area contributed by atoms with Gasteiger partial charge in [0.2, 0.25) is 24.1 Å². The highest BCUT2D eigenvalue weighted by Gasteiger charge is 2.37. The number of Topliss-reactive ketones (excluding diaryl/α,β-unsaturated/α-hetero) is 1. The van der Waals surface area contributed by atoms with E-state index < -0.39 is 0 Å². The number of nitrogens with zero attached hydrogens (tertiary/aromatic N) is 3. The number of carbonyl (C=O) groups excluding carboxylic acids is 5. The zero-order chi connectivity index (χ0) is 33.3. The lowest BCUT2D eigenvalue weighted by Gasteiger charge is -2.19. The first kappa shape index (κ1) is 46.9. The molecule has 1 atom stereocenters. The molecule has 1 aliphatic heterocycles. The summed E-state index contributed by atoms with van der Waals surface area (Å²) >= 11 is 1.42. The van der Waals surface area contributed by atoms with Crippen molar-refractivity contribution in [3.8, 4) is 0 Å². The van der Waals surface area contributed by atoms with Crippen molar-refractivity contribution >= 4 is 41.7 Å². The minimum atomic E-state index is -0.218. The van der Waals surface area contributed by atoms with Gasteiger partial charge in [-0.1, -0.05) is 41.5 Å². The van der Waals surface area contributed by atoms with E-state index in [1.165, 1.54) is 33.4 Å². The first-order valence-electron chi connectivity index (χ1n) is 14.7. The van der Waals surface area contributed by atoms with Crippen molar-refractivity contribution in [2.24, 2.45) is 0 Å². The molecule has 0 N–H and O–H groups in total. The molecule has 0 radical (unpaired) electrons. The number of rotatable bonds is 19. The van der Waals surface area contributed by atoms with Crippen LogP contribution in [0.1, 0.15) is 61.8 Å². The van der Waals surface area contributed by atoms with Crippen molar-refractivity contribution in [3.63, 3.8) is 0 Å². The molecule has 0 aromatic heterocycles. The maximum Gasteiger partial charge on any atom is 0.248 e. The van der Waals surface area contributed by atoms with E-state index in [9.17, 15) is 24.0 Å². The number of carbonyl (C=O) groups is 5. The number of amides is 4. The number of hydrogen-bond donors (Lipinski definition) is 0. The van der Waals surface area contributed by atoms with Crippen molar-refractivity contribution in [1.82, 2.24) is 14.7 Å². The summed E-state index contributed by atoms with van der Waals surface area (Å²) in [6.07, 6.45) is 2.85. The summed E-state index contributed by atoms with van der Waals surface area (Å²) < 4.78 is 20.6. The molecule has 1 heterocycles. The fraction of sp³-hybridized carbons (Fsp3) is 0.828. The van der Waals surface area contributed by atoms with Gasteiger partial charge in [0.15, 0.2) is 5.78 Å². The van der Waals surface area contributed by atoms with E-state index in [1.54, 1.807) is 14.1 Å². The van der Waals surface area contributed by atoms with Crippen LogP contribution in [-0.2, 0) is 42.9 Å². The third-order valence-corrected chi connectivity index (χ3v) is 5.76. The number of likely N-dealkylation sites (tertiary alicyclic amines) is 1. The molecule has 4 amide bonds. The van der Waals surface area contributed by atoms with Crippen molar-refractivity contribution < 1.29 is 42.9 Å². The Hall–Kier alpha value is -2.06. The van der Waals surface area contributed by atoms with E-state index in [0.29, 0.717) is 72.1 Å². The molecular weight excluding hydrogens is 566 g/mol. The van der Waals surface area contributed by atoms with Gasteiger partial charge in [-0.15, -0.1) is 0 Å². The predicted octanol–water partition coefficient (Wildman–Crippen LogP) is 2.76. The van der Waals surface area contributed by atoms with E-state index in [-0.39, 0.29) is 42.0 Å². The lowest BCUT2D eigenvalue weighted by molar-refractivity contribution is -0.139. The van der Waals surface area contributed by atoms with Crippen LogP contribution in [0, 0.1) is 0 Å². The fourth-order valence-corrected chi connectivity index (χ4v) is 3.33. The Morgan fingerprint density at radius 1 is 0.881 bits per heavy atom. The van der Waals surface area contributed by atoms with Gasteiger partial charge in [-0.3, -0.25) is 28.9 Å². The Balaban J connectivity index is -0.000000297. The second-order valence-corrected chi connectivity index (χ2v) is 8.87. The maximum atomic E-state index is 11.8. The molecule has 0 bridgehead atoms. The predicted molar refractivity (Wildman–Crippen MR) is 169 cm³/mol. The van der Waals surface area contributed by atoms with E-state index in [4.69, 9.17) is 18.9 Å². The number of likely N-dealkylation sites (N-methyl/N-ethyl adjacent to an activating group) is 2. The first-order valence-corrected chi connectivity index (χ1v) is 16.0. The van der Waals surface area contributed by atoms with Gasteiger partial charge in [0.25, 0.3) is 0 Å². The Labute approximate surface area is 259 Å². The zero-order valence-electron chi connectivity index (χ0n) is 28.1. The summed E-state index contributed by atoms with van der Waals surface area (Å²) in [4.78, 5) is 59.9. The molecular formula is C29H59N3O9S. The second-order valence-electron chi connectivity index (χ2n) is 7.83. The van der Waals surface area contributed by atoms with Crippen molar-refractivity contribution in [1.29, 1.82) is 0 Å². The largest absolute Gasteiger partial charge is 0.379 e. The highest BCUT2D eigenvalue weighted by molar-refractivity contribution is 8.00. The fourth-order valence-electron chi connectivity index (χ4n) is 2.69. The monoisotopic (exact) mass is 625 g/mol. The first-order chi connectivity index (χ1) is 20.2. The van der Waals surface area contributed by atoms with Crippen LogP contribution in [0.5, 0.6) is 0 Å². The van der Waals surface area contributed by atoms with Gasteiger partial charge in [0.05, 0.1) is 44.8 Å². The summed E-state index contributed by atoms with van der Waals surface area (Å²) in [5.41, 5.74) is 0. The van der Waals surface area contributed by atoms with Crippen LogP contribution in [0.25, 0.3) is 0 Å². The number of imide groups is 1. The molecule has 250 valence electrons.